The molecule has 0 saturated carbocycles. The summed E-state index contributed by atoms with van der Waals surface area (Å²) in [7, 11) is 0. The Morgan fingerprint density at radius 1 is 1.21 bits per heavy atom. The zero-order valence-corrected chi connectivity index (χ0v) is 15.5. The van der Waals surface area contributed by atoms with Gasteiger partial charge in [-0.05, 0) is 30.7 Å². The molecule has 0 aliphatic carbocycles. The van der Waals surface area contributed by atoms with Crippen LogP contribution in [0.1, 0.15) is 17.8 Å². The molecule has 28 heavy (non-hydrogen) atoms. The molecule has 0 spiro atoms. The van der Waals surface area contributed by atoms with Crippen molar-refractivity contribution in [2.75, 3.05) is 11.9 Å². The lowest BCUT2D eigenvalue weighted by molar-refractivity contribution is -0.128. The van der Waals surface area contributed by atoms with E-state index in [0.29, 0.717) is 30.5 Å². The van der Waals surface area contributed by atoms with Crippen LogP contribution in [0.4, 0.5) is 5.69 Å². The van der Waals surface area contributed by atoms with Crippen molar-refractivity contribution in [3.05, 3.63) is 66.0 Å². The van der Waals surface area contributed by atoms with E-state index in [1.165, 1.54) is 0 Å². The highest BCUT2D eigenvalue weighted by Gasteiger charge is 2.34. The first-order valence-corrected chi connectivity index (χ1v) is 9.12. The third-order valence-electron chi connectivity index (χ3n) is 4.71. The van der Waals surface area contributed by atoms with E-state index in [-0.39, 0.29) is 24.2 Å². The van der Waals surface area contributed by atoms with Crippen molar-refractivity contribution in [2.24, 2.45) is 5.92 Å². The monoisotopic (exact) mass is 376 g/mol. The minimum atomic E-state index is -0.370. The van der Waals surface area contributed by atoms with E-state index in [2.05, 4.69) is 15.5 Å². The van der Waals surface area contributed by atoms with Crippen LogP contribution in [0.5, 0.6) is 0 Å². The van der Waals surface area contributed by atoms with Crippen LogP contribution in [-0.2, 0) is 16.1 Å². The fourth-order valence-corrected chi connectivity index (χ4v) is 3.29. The number of aryl methyl sites for hydroxylation is 1. The summed E-state index contributed by atoms with van der Waals surface area (Å²) in [6, 6.07) is 17.0. The normalized spacial score (nSPS) is 16.4. The number of hydrogen-bond donors (Lipinski definition) is 1. The lowest BCUT2D eigenvalue weighted by atomic mass is 10.1. The molecular formula is C21H20N4O3. The molecule has 7 heteroatoms. The van der Waals surface area contributed by atoms with Gasteiger partial charge in [-0.2, -0.15) is 4.98 Å². The SMILES string of the molecule is Cc1noc(-c2cccc(NC(=O)[C@H]3CC(=O)N(Cc4ccccc4)C3)c2)n1. The molecule has 2 heterocycles. The molecule has 4 rings (SSSR count). The van der Waals surface area contributed by atoms with E-state index < -0.39 is 0 Å². The molecule has 7 nitrogen and oxygen atoms in total. The number of amides is 2. The summed E-state index contributed by atoms with van der Waals surface area (Å²) in [4.78, 5) is 30.9. The fraction of sp³-hybridized carbons (Fsp3) is 0.238. The Morgan fingerprint density at radius 3 is 2.79 bits per heavy atom. The molecule has 3 aromatic rings. The molecule has 0 bridgehead atoms. The molecule has 1 fully saturated rings. The van der Waals surface area contributed by atoms with Crippen molar-refractivity contribution in [3.63, 3.8) is 0 Å². The van der Waals surface area contributed by atoms with Crippen LogP contribution in [0.25, 0.3) is 11.5 Å². The van der Waals surface area contributed by atoms with Crippen LogP contribution < -0.4 is 5.32 Å². The summed E-state index contributed by atoms with van der Waals surface area (Å²) in [5.41, 5.74) is 2.42. The van der Waals surface area contributed by atoms with Crippen LogP contribution in [-0.4, -0.2) is 33.4 Å². The minimum absolute atomic E-state index is 0.000844. The highest BCUT2D eigenvalue weighted by molar-refractivity contribution is 5.97. The number of hydrogen-bond acceptors (Lipinski definition) is 5. The van der Waals surface area contributed by atoms with Crippen LogP contribution in [0, 0.1) is 12.8 Å². The molecule has 1 aromatic heterocycles. The largest absolute Gasteiger partial charge is 0.338 e. The van der Waals surface area contributed by atoms with Gasteiger partial charge in [0.1, 0.15) is 0 Å². The van der Waals surface area contributed by atoms with Crippen molar-refractivity contribution in [1.82, 2.24) is 15.0 Å². The van der Waals surface area contributed by atoms with Crippen LogP contribution >= 0.6 is 0 Å². The van der Waals surface area contributed by atoms with Gasteiger partial charge in [0, 0.05) is 30.8 Å². The van der Waals surface area contributed by atoms with E-state index in [4.69, 9.17) is 4.52 Å². The van der Waals surface area contributed by atoms with Crippen LogP contribution in [0.3, 0.4) is 0 Å². The molecule has 1 N–H and O–H groups in total. The predicted octanol–water partition coefficient (Wildman–Crippen LogP) is 3.03. The number of carbonyl (C=O) groups is 2. The summed E-state index contributed by atoms with van der Waals surface area (Å²) in [6.07, 6.45) is 0.223. The van der Waals surface area contributed by atoms with Gasteiger partial charge in [-0.1, -0.05) is 41.6 Å². The van der Waals surface area contributed by atoms with Crippen molar-refractivity contribution >= 4 is 17.5 Å². The second-order valence-corrected chi connectivity index (χ2v) is 6.88. The van der Waals surface area contributed by atoms with Crippen molar-refractivity contribution < 1.29 is 14.1 Å². The average molecular weight is 376 g/mol. The number of carbonyl (C=O) groups excluding carboxylic acids is 2. The zero-order valence-electron chi connectivity index (χ0n) is 15.5. The Bertz CT molecular complexity index is 1000. The van der Waals surface area contributed by atoms with Gasteiger partial charge >= 0.3 is 0 Å². The van der Waals surface area contributed by atoms with E-state index in [0.717, 1.165) is 11.1 Å². The standard InChI is InChI=1S/C21H20N4O3/c1-14-22-21(28-24-14)16-8-5-9-18(10-16)23-20(27)17-11-19(26)25(13-17)12-15-6-3-2-4-7-15/h2-10,17H,11-13H2,1H3,(H,23,27)/t17-/m0/s1. The second kappa shape index (κ2) is 7.64. The Morgan fingerprint density at radius 2 is 2.04 bits per heavy atom. The van der Waals surface area contributed by atoms with Gasteiger partial charge in [0.05, 0.1) is 5.92 Å². The third kappa shape index (κ3) is 3.93. The molecular weight excluding hydrogens is 356 g/mol. The van der Waals surface area contributed by atoms with E-state index in [1.807, 2.05) is 42.5 Å². The number of anilines is 1. The number of benzene rings is 2. The average Bonchev–Trinajstić information content (AvgIpc) is 3.29. The Labute approximate surface area is 162 Å². The van der Waals surface area contributed by atoms with Gasteiger partial charge in [-0.3, -0.25) is 9.59 Å². The number of rotatable bonds is 5. The summed E-state index contributed by atoms with van der Waals surface area (Å²) in [6.45, 7) is 2.69. The smallest absolute Gasteiger partial charge is 0.257 e. The minimum Gasteiger partial charge on any atom is -0.338 e. The molecule has 0 radical (unpaired) electrons. The van der Waals surface area contributed by atoms with Crippen molar-refractivity contribution in [1.29, 1.82) is 0 Å². The van der Waals surface area contributed by atoms with Crippen LogP contribution in [0.15, 0.2) is 59.1 Å². The van der Waals surface area contributed by atoms with Crippen LogP contribution in [0.2, 0.25) is 0 Å². The summed E-state index contributed by atoms with van der Waals surface area (Å²) in [5.74, 6) is 0.415. The molecule has 2 aromatic carbocycles. The van der Waals surface area contributed by atoms with E-state index in [1.54, 1.807) is 24.0 Å². The Balaban J connectivity index is 1.41. The maximum Gasteiger partial charge on any atom is 0.257 e. The van der Waals surface area contributed by atoms with Crippen molar-refractivity contribution in [2.45, 2.75) is 19.9 Å². The van der Waals surface area contributed by atoms with Gasteiger partial charge in [0.25, 0.3) is 5.89 Å². The van der Waals surface area contributed by atoms with Gasteiger partial charge in [-0.25, -0.2) is 0 Å². The predicted molar refractivity (Wildman–Crippen MR) is 103 cm³/mol. The highest BCUT2D eigenvalue weighted by Crippen LogP contribution is 2.24. The summed E-state index contributed by atoms with van der Waals surface area (Å²) < 4.78 is 5.17. The number of nitrogens with zero attached hydrogens (tertiary/aromatic N) is 3. The van der Waals surface area contributed by atoms with Crippen molar-refractivity contribution in [3.8, 4) is 11.5 Å². The third-order valence-corrected chi connectivity index (χ3v) is 4.71. The lowest BCUT2D eigenvalue weighted by Gasteiger charge is -2.16. The maximum absolute atomic E-state index is 12.7. The second-order valence-electron chi connectivity index (χ2n) is 6.88. The number of nitrogens with one attached hydrogen (secondary N) is 1. The molecule has 1 aliphatic heterocycles. The quantitative estimate of drug-likeness (QED) is 0.739. The van der Waals surface area contributed by atoms with E-state index in [9.17, 15) is 9.59 Å². The Kier molecular flexibility index (Phi) is 4.89. The fourth-order valence-electron chi connectivity index (χ4n) is 3.29. The molecule has 142 valence electrons. The first kappa shape index (κ1) is 17.9. The molecule has 1 aliphatic rings. The summed E-state index contributed by atoms with van der Waals surface area (Å²) in [5, 5.41) is 6.68. The highest BCUT2D eigenvalue weighted by atomic mass is 16.5. The number of likely N-dealkylation sites (tertiary alicyclic amines) is 1. The van der Waals surface area contributed by atoms with Gasteiger partial charge in [0.2, 0.25) is 11.8 Å². The zero-order chi connectivity index (χ0) is 19.5. The molecule has 0 unspecified atom stereocenters. The molecule has 1 atom stereocenters. The Hall–Kier alpha value is -3.48. The topological polar surface area (TPSA) is 88.3 Å². The first-order valence-electron chi connectivity index (χ1n) is 9.12. The lowest BCUT2D eigenvalue weighted by Crippen LogP contribution is -2.28. The van der Waals surface area contributed by atoms with E-state index >= 15 is 0 Å². The number of aromatic nitrogens is 2. The van der Waals surface area contributed by atoms with Gasteiger partial charge in [0.15, 0.2) is 5.82 Å². The first-order chi connectivity index (χ1) is 13.6. The maximum atomic E-state index is 12.7. The van der Waals surface area contributed by atoms with Gasteiger partial charge < -0.3 is 14.7 Å². The molecule has 2 amide bonds. The summed E-state index contributed by atoms with van der Waals surface area (Å²) >= 11 is 0. The molecule has 1 saturated heterocycles. The van der Waals surface area contributed by atoms with Gasteiger partial charge in [-0.15, -0.1) is 0 Å².